The van der Waals surface area contributed by atoms with Crippen molar-refractivity contribution in [2.45, 2.75) is 25.8 Å². The van der Waals surface area contributed by atoms with Gasteiger partial charge in [0.2, 0.25) is 0 Å². The Hall–Kier alpha value is -2.57. The highest BCUT2D eigenvalue weighted by atomic mass is 35.5. The van der Waals surface area contributed by atoms with Crippen molar-refractivity contribution in [2.24, 2.45) is 0 Å². The fourth-order valence-electron chi connectivity index (χ4n) is 3.60. The number of amides is 1. The van der Waals surface area contributed by atoms with Gasteiger partial charge < -0.3 is 14.2 Å². The largest absolute Gasteiger partial charge is 0.465 e. The molecule has 0 aliphatic carbocycles. The number of nitrogens with one attached hydrogen (secondary N) is 1. The molecule has 148 valence electrons. The lowest BCUT2D eigenvalue weighted by Crippen LogP contribution is -2.37. The van der Waals surface area contributed by atoms with Crippen molar-refractivity contribution in [1.82, 2.24) is 10.2 Å². The molecule has 1 unspecified atom stereocenters. The summed E-state index contributed by atoms with van der Waals surface area (Å²) < 4.78 is 11.1. The topological polar surface area (TPSA) is 75.7 Å². The lowest BCUT2D eigenvalue weighted by atomic mass is 10.1. The standard InChI is InChI=1S/C21H22N2O4.ClH/c1-14-8-9-19(26-14)17(23-10-4-5-11-23)13-22-20(24)16-12-15-6-2-3-7-18(15)27-21(16)25;/h2-3,6-9,12,17H,4-5,10-11,13H2,1H3,(H,22,24);1H. The molecule has 0 saturated carbocycles. The van der Waals surface area contributed by atoms with Crippen LogP contribution in [0.1, 0.15) is 40.8 Å². The molecule has 1 aliphatic heterocycles. The van der Waals surface area contributed by atoms with Crippen LogP contribution in [-0.4, -0.2) is 30.4 Å². The summed E-state index contributed by atoms with van der Waals surface area (Å²) in [6.45, 7) is 4.22. The first kappa shape index (κ1) is 20.2. The van der Waals surface area contributed by atoms with E-state index in [1.807, 2.05) is 31.2 Å². The first-order valence-corrected chi connectivity index (χ1v) is 9.23. The summed E-state index contributed by atoms with van der Waals surface area (Å²) in [4.78, 5) is 27.1. The number of carbonyl (C=O) groups is 1. The molecule has 1 saturated heterocycles. The van der Waals surface area contributed by atoms with Crippen LogP contribution < -0.4 is 10.9 Å². The smallest absolute Gasteiger partial charge is 0.349 e. The minimum atomic E-state index is -0.627. The summed E-state index contributed by atoms with van der Waals surface area (Å²) in [6, 6.07) is 12.6. The Morgan fingerprint density at radius 3 is 2.61 bits per heavy atom. The van der Waals surface area contributed by atoms with E-state index in [0.29, 0.717) is 12.1 Å². The number of carbonyl (C=O) groups excluding carboxylic acids is 1. The maximum atomic E-state index is 12.6. The number of halogens is 1. The zero-order valence-corrected chi connectivity index (χ0v) is 16.5. The van der Waals surface area contributed by atoms with Gasteiger partial charge in [0.05, 0.1) is 6.04 Å². The third-order valence-corrected chi connectivity index (χ3v) is 5.01. The highest BCUT2D eigenvalue weighted by molar-refractivity contribution is 5.96. The summed E-state index contributed by atoms with van der Waals surface area (Å²) in [5.41, 5.74) is -0.137. The van der Waals surface area contributed by atoms with E-state index in [0.717, 1.165) is 42.8 Å². The van der Waals surface area contributed by atoms with Crippen molar-refractivity contribution in [3.63, 3.8) is 0 Å². The number of hydrogen-bond acceptors (Lipinski definition) is 5. The Morgan fingerprint density at radius 2 is 1.89 bits per heavy atom. The number of benzene rings is 1. The molecule has 7 heteroatoms. The van der Waals surface area contributed by atoms with Crippen LogP contribution >= 0.6 is 12.4 Å². The minimum absolute atomic E-state index is 0. The second kappa shape index (κ2) is 8.63. The number of furan rings is 1. The van der Waals surface area contributed by atoms with Gasteiger partial charge in [-0.1, -0.05) is 18.2 Å². The monoisotopic (exact) mass is 402 g/mol. The average molecular weight is 403 g/mol. The second-order valence-electron chi connectivity index (χ2n) is 6.90. The third-order valence-electron chi connectivity index (χ3n) is 5.01. The number of rotatable bonds is 5. The summed E-state index contributed by atoms with van der Waals surface area (Å²) in [5, 5.41) is 3.61. The van der Waals surface area contributed by atoms with Crippen molar-refractivity contribution >= 4 is 29.3 Å². The van der Waals surface area contributed by atoms with Crippen LogP contribution in [0, 0.1) is 6.92 Å². The van der Waals surface area contributed by atoms with E-state index in [-0.39, 0.29) is 24.0 Å². The summed E-state index contributed by atoms with van der Waals surface area (Å²) >= 11 is 0. The Labute approximate surface area is 168 Å². The third kappa shape index (κ3) is 4.13. The molecule has 4 rings (SSSR count). The average Bonchev–Trinajstić information content (AvgIpc) is 3.33. The molecule has 1 aliphatic rings. The quantitative estimate of drug-likeness (QED) is 0.659. The molecule has 0 spiro atoms. The van der Waals surface area contributed by atoms with Crippen LogP contribution in [0.5, 0.6) is 0 Å². The van der Waals surface area contributed by atoms with Gasteiger partial charge in [0.25, 0.3) is 5.91 Å². The SMILES string of the molecule is Cc1ccc(C(CNC(=O)c2cc3ccccc3oc2=O)N2CCCC2)o1.Cl. The van der Waals surface area contributed by atoms with E-state index in [1.165, 1.54) is 0 Å². The van der Waals surface area contributed by atoms with Crippen molar-refractivity contribution in [3.8, 4) is 0 Å². The van der Waals surface area contributed by atoms with Gasteiger partial charge in [0.15, 0.2) is 0 Å². The normalized spacial score (nSPS) is 15.3. The molecule has 6 nitrogen and oxygen atoms in total. The van der Waals surface area contributed by atoms with Gasteiger partial charge in [-0.2, -0.15) is 0 Å². The lowest BCUT2D eigenvalue weighted by molar-refractivity contribution is 0.0930. The van der Waals surface area contributed by atoms with Crippen LogP contribution in [0.2, 0.25) is 0 Å². The van der Waals surface area contributed by atoms with E-state index >= 15 is 0 Å². The van der Waals surface area contributed by atoms with E-state index in [4.69, 9.17) is 8.83 Å². The van der Waals surface area contributed by atoms with Gasteiger partial charge in [-0.05, 0) is 57.1 Å². The molecule has 2 aromatic heterocycles. The predicted octanol–water partition coefficient (Wildman–Crippen LogP) is 3.68. The Balaban J connectivity index is 0.00000225. The van der Waals surface area contributed by atoms with Crippen LogP contribution in [0.25, 0.3) is 11.0 Å². The Kier molecular flexibility index (Phi) is 6.21. The van der Waals surface area contributed by atoms with E-state index in [1.54, 1.807) is 18.2 Å². The summed E-state index contributed by atoms with van der Waals surface area (Å²) in [7, 11) is 0. The van der Waals surface area contributed by atoms with Crippen LogP contribution in [0.4, 0.5) is 0 Å². The molecule has 0 radical (unpaired) electrons. The molecule has 1 aromatic carbocycles. The molecule has 1 atom stereocenters. The minimum Gasteiger partial charge on any atom is -0.465 e. The number of fused-ring (bicyclic) bond motifs is 1. The molecule has 3 aromatic rings. The second-order valence-corrected chi connectivity index (χ2v) is 6.90. The molecular formula is C21H23ClN2O4. The zero-order chi connectivity index (χ0) is 18.8. The van der Waals surface area contributed by atoms with E-state index in [2.05, 4.69) is 10.2 Å². The predicted molar refractivity (Wildman–Crippen MR) is 109 cm³/mol. The number of para-hydroxylation sites is 1. The summed E-state index contributed by atoms with van der Waals surface area (Å²) in [5.74, 6) is 1.25. The number of nitrogens with zero attached hydrogens (tertiary/aromatic N) is 1. The Bertz CT molecular complexity index is 1020. The van der Waals surface area contributed by atoms with Gasteiger partial charge in [0, 0.05) is 11.9 Å². The first-order valence-electron chi connectivity index (χ1n) is 9.23. The zero-order valence-electron chi connectivity index (χ0n) is 15.6. The highest BCUT2D eigenvalue weighted by Crippen LogP contribution is 2.26. The first-order chi connectivity index (χ1) is 13.1. The van der Waals surface area contributed by atoms with E-state index < -0.39 is 11.5 Å². The van der Waals surface area contributed by atoms with Crippen LogP contribution in [-0.2, 0) is 0 Å². The van der Waals surface area contributed by atoms with Crippen LogP contribution in [0.15, 0.2) is 56.1 Å². The van der Waals surface area contributed by atoms with E-state index in [9.17, 15) is 9.59 Å². The molecule has 1 fully saturated rings. The molecule has 28 heavy (non-hydrogen) atoms. The van der Waals surface area contributed by atoms with Gasteiger partial charge in [-0.15, -0.1) is 12.4 Å². The van der Waals surface area contributed by atoms with Crippen molar-refractivity contribution < 1.29 is 13.6 Å². The maximum absolute atomic E-state index is 12.6. The fraction of sp³-hybridized carbons (Fsp3) is 0.333. The van der Waals surface area contributed by atoms with Gasteiger partial charge >= 0.3 is 5.63 Å². The van der Waals surface area contributed by atoms with Crippen molar-refractivity contribution in [3.05, 3.63) is 70.0 Å². The molecule has 1 N–H and O–H groups in total. The fourth-order valence-corrected chi connectivity index (χ4v) is 3.60. The molecule has 1 amide bonds. The van der Waals surface area contributed by atoms with Crippen molar-refractivity contribution in [1.29, 1.82) is 0 Å². The number of likely N-dealkylation sites (tertiary alicyclic amines) is 1. The van der Waals surface area contributed by atoms with Crippen molar-refractivity contribution in [2.75, 3.05) is 19.6 Å². The Morgan fingerprint density at radius 1 is 1.14 bits per heavy atom. The molecular weight excluding hydrogens is 380 g/mol. The molecule has 0 bridgehead atoms. The summed E-state index contributed by atoms with van der Waals surface area (Å²) in [6.07, 6.45) is 2.27. The number of aryl methyl sites for hydroxylation is 1. The maximum Gasteiger partial charge on any atom is 0.349 e. The van der Waals surface area contributed by atoms with Gasteiger partial charge in [0.1, 0.15) is 22.7 Å². The van der Waals surface area contributed by atoms with Gasteiger partial charge in [-0.3, -0.25) is 9.69 Å². The molecule has 3 heterocycles. The lowest BCUT2D eigenvalue weighted by Gasteiger charge is -2.26. The van der Waals surface area contributed by atoms with Gasteiger partial charge in [-0.25, -0.2) is 4.79 Å². The number of hydrogen-bond donors (Lipinski definition) is 1. The van der Waals surface area contributed by atoms with Crippen LogP contribution in [0.3, 0.4) is 0 Å². The highest BCUT2D eigenvalue weighted by Gasteiger charge is 2.27.